The highest BCUT2D eigenvalue weighted by atomic mass is 19.1. The Kier molecular flexibility index (Phi) is 6.90. The van der Waals surface area contributed by atoms with E-state index in [0.29, 0.717) is 37.4 Å². The molecule has 0 aliphatic carbocycles. The lowest BCUT2D eigenvalue weighted by molar-refractivity contribution is -0.131. The molecule has 0 saturated carbocycles. The van der Waals surface area contributed by atoms with Gasteiger partial charge in [-0.15, -0.1) is 0 Å². The first-order chi connectivity index (χ1) is 16.4. The first-order valence-electron chi connectivity index (χ1n) is 11.1. The number of hydrogen-bond acceptors (Lipinski definition) is 6. The summed E-state index contributed by atoms with van der Waals surface area (Å²) in [6.07, 6.45) is 2.17. The van der Waals surface area contributed by atoms with Crippen molar-refractivity contribution in [3.8, 4) is 17.1 Å². The van der Waals surface area contributed by atoms with Gasteiger partial charge in [-0.1, -0.05) is 41.6 Å². The van der Waals surface area contributed by atoms with Crippen molar-refractivity contribution in [3.05, 3.63) is 65.8 Å². The molecule has 2 amide bonds. The first kappa shape index (κ1) is 23.4. The van der Waals surface area contributed by atoms with Crippen LogP contribution < -0.4 is 10.1 Å². The zero-order valence-corrected chi connectivity index (χ0v) is 19.2. The molecule has 1 aliphatic rings. The van der Waals surface area contributed by atoms with Crippen LogP contribution in [0.2, 0.25) is 0 Å². The number of rotatable bonds is 9. The minimum Gasteiger partial charge on any atom is -0.494 e. The second-order valence-electron chi connectivity index (χ2n) is 8.60. The SMILES string of the molecule is COc1cc(C[C@@]2(CCC(=O)N(C)Cc3nc(-c4ccccc4)no3)CCC(=O)N2)ccc1F. The fraction of sp³-hybridized carbons (Fsp3) is 0.360. The van der Waals surface area contributed by atoms with Gasteiger partial charge < -0.3 is 19.5 Å². The molecule has 178 valence electrons. The Hall–Kier alpha value is -3.75. The molecule has 9 heteroatoms. The summed E-state index contributed by atoms with van der Waals surface area (Å²) in [6, 6.07) is 14.1. The molecule has 3 aromatic rings. The maximum absolute atomic E-state index is 13.8. The Morgan fingerprint density at radius 3 is 2.76 bits per heavy atom. The molecule has 0 radical (unpaired) electrons. The van der Waals surface area contributed by atoms with E-state index in [9.17, 15) is 14.0 Å². The summed E-state index contributed by atoms with van der Waals surface area (Å²) >= 11 is 0. The monoisotopic (exact) mass is 466 g/mol. The van der Waals surface area contributed by atoms with Gasteiger partial charge >= 0.3 is 0 Å². The molecule has 1 saturated heterocycles. The lowest BCUT2D eigenvalue weighted by Crippen LogP contribution is -2.44. The van der Waals surface area contributed by atoms with Crippen LogP contribution in [-0.4, -0.2) is 46.6 Å². The highest BCUT2D eigenvalue weighted by molar-refractivity contribution is 5.80. The lowest BCUT2D eigenvalue weighted by atomic mass is 9.84. The Morgan fingerprint density at radius 1 is 1.26 bits per heavy atom. The summed E-state index contributed by atoms with van der Waals surface area (Å²) < 4.78 is 24.2. The molecule has 34 heavy (non-hydrogen) atoms. The molecule has 4 rings (SSSR count). The molecular formula is C25H27FN4O4. The summed E-state index contributed by atoms with van der Waals surface area (Å²) in [6.45, 7) is 0.188. The fourth-order valence-corrected chi connectivity index (χ4v) is 4.24. The number of amides is 2. The molecule has 1 N–H and O–H groups in total. The number of carbonyl (C=O) groups excluding carboxylic acids is 2. The number of hydrogen-bond donors (Lipinski definition) is 1. The van der Waals surface area contributed by atoms with E-state index in [-0.39, 0.29) is 30.5 Å². The van der Waals surface area contributed by atoms with Gasteiger partial charge in [0, 0.05) is 31.0 Å². The molecule has 0 bridgehead atoms. The number of halogens is 1. The van der Waals surface area contributed by atoms with Crippen LogP contribution in [0.25, 0.3) is 11.4 Å². The van der Waals surface area contributed by atoms with Gasteiger partial charge in [0.2, 0.25) is 23.5 Å². The van der Waals surface area contributed by atoms with Crippen LogP contribution in [0.3, 0.4) is 0 Å². The lowest BCUT2D eigenvalue weighted by Gasteiger charge is -2.30. The van der Waals surface area contributed by atoms with Crippen molar-refractivity contribution < 1.29 is 23.2 Å². The van der Waals surface area contributed by atoms with Crippen molar-refractivity contribution in [2.75, 3.05) is 14.2 Å². The molecule has 1 atom stereocenters. The summed E-state index contributed by atoms with van der Waals surface area (Å²) in [4.78, 5) is 30.8. The van der Waals surface area contributed by atoms with Gasteiger partial charge in [-0.05, 0) is 37.0 Å². The topological polar surface area (TPSA) is 97.6 Å². The maximum atomic E-state index is 13.8. The molecule has 2 heterocycles. The Morgan fingerprint density at radius 2 is 2.06 bits per heavy atom. The van der Waals surface area contributed by atoms with E-state index in [0.717, 1.165) is 11.1 Å². The summed E-state index contributed by atoms with van der Waals surface area (Å²) in [5.41, 5.74) is 1.10. The third-order valence-electron chi connectivity index (χ3n) is 6.11. The van der Waals surface area contributed by atoms with Crippen LogP contribution in [-0.2, 0) is 22.6 Å². The summed E-state index contributed by atoms with van der Waals surface area (Å²) in [7, 11) is 3.09. The zero-order chi connectivity index (χ0) is 24.1. The zero-order valence-electron chi connectivity index (χ0n) is 19.2. The first-order valence-corrected chi connectivity index (χ1v) is 11.1. The highest BCUT2D eigenvalue weighted by Gasteiger charge is 2.38. The van der Waals surface area contributed by atoms with E-state index in [1.54, 1.807) is 19.2 Å². The van der Waals surface area contributed by atoms with Crippen molar-refractivity contribution >= 4 is 11.8 Å². The fourth-order valence-electron chi connectivity index (χ4n) is 4.24. The number of nitrogens with one attached hydrogen (secondary N) is 1. The van der Waals surface area contributed by atoms with Gasteiger partial charge in [-0.3, -0.25) is 9.59 Å². The second-order valence-corrected chi connectivity index (χ2v) is 8.60. The molecule has 8 nitrogen and oxygen atoms in total. The van der Waals surface area contributed by atoms with E-state index in [4.69, 9.17) is 9.26 Å². The Bertz CT molecular complexity index is 1170. The third kappa shape index (κ3) is 5.41. The van der Waals surface area contributed by atoms with E-state index >= 15 is 0 Å². The van der Waals surface area contributed by atoms with E-state index in [2.05, 4.69) is 15.5 Å². The van der Waals surface area contributed by atoms with Crippen molar-refractivity contribution in [1.29, 1.82) is 0 Å². The van der Waals surface area contributed by atoms with Gasteiger partial charge in [0.15, 0.2) is 11.6 Å². The van der Waals surface area contributed by atoms with E-state index in [1.165, 1.54) is 18.1 Å². The average molecular weight is 467 g/mol. The summed E-state index contributed by atoms with van der Waals surface area (Å²) in [5, 5.41) is 7.03. The average Bonchev–Trinajstić information content (AvgIpc) is 3.46. The predicted octanol–water partition coefficient (Wildman–Crippen LogP) is 3.51. The highest BCUT2D eigenvalue weighted by Crippen LogP contribution is 2.31. The third-order valence-corrected chi connectivity index (χ3v) is 6.11. The molecule has 1 aliphatic heterocycles. The smallest absolute Gasteiger partial charge is 0.246 e. The number of methoxy groups -OCH3 is 1. The van der Waals surface area contributed by atoms with Crippen LogP contribution >= 0.6 is 0 Å². The number of carbonyl (C=O) groups is 2. The largest absolute Gasteiger partial charge is 0.494 e. The molecule has 0 spiro atoms. The van der Waals surface area contributed by atoms with Crippen molar-refractivity contribution in [2.45, 2.75) is 44.2 Å². The van der Waals surface area contributed by atoms with Crippen LogP contribution in [0.1, 0.15) is 37.1 Å². The van der Waals surface area contributed by atoms with Crippen LogP contribution in [0.4, 0.5) is 4.39 Å². The van der Waals surface area contributed by atoms with Gasteiger partial charge in [0.25, 0.3) is 0 Å². The van der Waals surface area contributed by atoms with Gasteiger partial charge in [-0.25, -0.2) is 4.39 Å². The van der Waals surface area contributed by atoms with E-state index in [1.807, 2.05) is 30.3 Å². The number of benzene rings is 2. The van der Waals surface area contributed by atoms with Gasteiger partial charge in [0.1, 0.15) is 0 Å². The molecule has 1 aromatic heterocycles. The van der Waals surface area contributed by atoms with Crippen LogP contribution in [0.15, 0.2) is 53.1 Å². The summed E-state index contributed by atoms with van der Waals surface area (Å²) in [5.74, 6) is 0.382. The van der Waals surface area contributed by atoms with Crippen LogP contribution in [0, 0.1) is 5.82 Å². The minimum atomic E-state index is -0.568. The molecule has 0 unspecified atom stereocenters. The molecule has 1 fully saturated rings. The predicted molar refractivity (Wildman–Crippen MR) is 122 cm³/mol. The van der Waals surface area contributed by atoms with E-state index < -0.39 is 11.4 Å². The normalized spacial score (nSPS) is 17.4. The molecular weight excluding hydrogens is 439 g/mol. The van der Waals surface area contributed by atoms with Crippen molar-refractivity contribution in [2.24, 2.45) is 0 Å². The standard InChI is InChI=1S/C25H27FN4O4/c1-30(16-22-27-24(29-34-22)18-6-4-3-5-7-18)23(32)11-13-25(12-10-21(31)28-25)15-17-8-9-19(26)20(14-17)33-2/h3-9,14H,10-13,15-16H2,1-2H3,(H,28,31)/t25-/m0/s1. The number of aromatic nitrogens is 2. The Balaban J connectivity index is 1.38. The maximum Gasteiger partial charge on any atom is 0.246 e. The minimum absolute atomic E-state index is 0.0471. The van der Waals surface area contributed by atoms with Gasteiger partial charge in [-0.2, -0.15) is 4.98 Å². The second kappa shape index (κ2) is 10.0. The number of ether oxygens (including phenoxy) is 1. The van der Waals surface area contributed by atoms with Gasteiger partial charge in [0.05, 0.1) is 13.7 Å². The van der Waals surface area contributed by atoms with Crippen LogP contribution in [0.5, 0.6) is 5.75 Å². The quantitative estimate of drug-likeness (QED) is 0.518. The molecule has 2 aromatic carbocycles. The van der Waals surface area contributed by atoms with Crippen molar-refractivity contribution in [1.82, 2.24) is 20.4 Å². The number of nitrogens with zero attached hydrogens (tertiary/aromatic N) is 3. The Labute approximate surface area is 197 Å². The van der Waals surface area contributed by atoms with Crippen molar-refractivity contribution in [3.63, 3.8) is 0 Å².